The summed E-state index contributed by atoms with van der Waals surface area (Å²) in [5, 5.41) is 0. The van der Waals surface area contributed by atoms with Crippen molar-refractivity contribution in [2.75, 3.05) is 6.54 Å². The van der Waals surface area contributed by atoms with Gasteiger partial charge in [0, 0.05) is 5.92 Å². The molecule has 0 amide bonds. The van der Waals surface area contributed by atoms with Gasteiger partial charge in [-0.1, -0.05) is 0 Å². The second-order valence-electron chi connectivity index (χ2n) is 3.74. The SMILES string of the molecule is CC(C)(F)C(CN)C1CC1. The Labute approximate surface area is 61.8 Å². The van der Waals surface area contributed by atoms with E-state index in [0.29, 0.717) is 12.5 Å². The van der Waals surface area contributed by atoms with E-state index in [-0.39, 0.29) is 5.92 Å². The van der Waals surface area contributed by atoms with Crippen LogP contribution in [0.2, 0.25) is 0 Å². The van der Waals surface area contributed by atoms with Crippen molar-refractivity contribution < 1.29 is 4.39 Å². The number of nitrogens with two attached hydrogens (primary N) is 1. The molecule has 0 saturated heterocycles. The van der Waals surface area contributed by atoms with E-state index < -0.39 is 5.67 Å². The van der Waals surface area contributed by atoms with Crippen LogP contribution in [0.15, 0.2) is 0 Å². The van der Waals surface area contributed by atoms with Crippen LogP contribution >= 0.6 is 0 Å². The number of hydrogen-bond donors (Lipinski definition) is 1. The molecular formula is C8H16FN. The fourth-order valence-electron chi connectivity index (χ4n) is 1.53. The van der Waals surface area contributed by atoms with Crippen LogP contribution in [0.25, 0.3) is 0 Å². The van der Waals surface area contributed by atoms with Crippen LogP contribution in [0, 0.1) is 11.8 Å². The summed E-state index contributed by atoms with van der Waals surface area (Å²) in [6, 6.07) is 0. The highest BCUT2D eigenvalue weighted by Gasteiger charge is 2.40. The summed E-state index contributed by atoms with van der Waals surface area (Å²) in [6.45, 7) is 3.75. The molecule has 1 atom stereocenters. The van der Waals surface area contributed by atoms with Crippen LogP contribution in [0.3, 0.4) is 0 Å². The lowest BCUT2D eigenvalue weighted by Crippen LogP contribution is -2.33. The zero-order chi connectivity index (χ0) is 7.78. The zero-order valence-electron chi connectivity index (χ0n) is 6.73. The molecule has 0 aromatic heterocycles. The van der Waals surface area contributed by atoms with Gasteiger partial charge in [0.1, 0.15) is 5.67 Å². The second-order valence-corrected chi connectivity index (χ2v) is 3.74. The summed E-state index contributed by atoms with van der Waals surface area (Å²) in [4.78, 5) is 0. The maximum atomic E-state index is 13.3. The Hall–Kier alpha value is -0.110. The molecule has 0 heterocycles. The van der Waals surface area contributed by atoms with E-state index in [2.05, 4.69) is 0 Å². The highest BCUT2D eigenvalue weighted by molar-refractivity contribution is 4.90. The van der Waals surface area contributed by atoms with E-state index >= 15 is 0 Å². The summed E-state index contributed by atoms with van der Waals surface area (Å²) in [5.41, 5.74) is 4.39. The molecule has 0 aromatic carbocycles. The molecule has 1 saturated carbocycles. The first-order valence-corrected chi connectivity index (χ1v) is 3.94. The summed E-state index contributed by atoms with van der Waals surface area (Å²) >= 11 is 0. The fraction of sp³-hybridized carbons (Fsp3) is 1.00. The normalized spacial score (nSPS) is 22.8. The third kappa shape index (κ3) is 1.69. The Morgan fingerprint density at radius 1 is 1.60 bits per heavy atom. The standard InChI is InChI=1S/C8H16FN/c1-8(2,9)7(5-10)6-3-4-6/h6-7H,3-5,10H2,1-2H3. The van der Waals surface area contributed by atoms with Crippen molar-refractivity contribution in [3.8, 4) is 0 Å². The minimum absolute atomic E-state index is 0.0903. The van der Waals surface area contributed by atoms with Crippen molar-refractivity contribution >= 4 is 0 Å². The molecule has 1 aliphatic rings. The minimum atomic E-state index is -1.07. The predicted octanol–water partition coefficient (Wildman–Crippen LogP) is 1.72. The molecule has 1 aliphatic carbocycles. The van der Waals surface area contributed by atoms with Crippen molar-refractivity contribution in [3.05, 3.63) is 0 Å². The van der Waals surface area contributed by atoms with Crippen LogP contribution in [0.4, 0.5) is 4.39 Å². The van der Waals surface area contributed by atoms with Crippen LogP contribution in [0.5, 0.6) is 0 Å². The van der Waals surface area contributed by atoms with E-state index in [1.54, 1.807) is 13.8 Å². The van der Waals surface area contributed by atoms with Crippen LogP contribution in [-0.4, -0.2) is 12.2 Å². The lowest BCUT2D eigenvalue weighted by atomic mass is 9.88. The largest absolute Gasteiger partial charge is 0.330 e. The van der Waals surface area contributed by atoms with Crippen molar-refractivity contribution in [1.29, 1.82) is 0 Å². The lowest BCUT2D eigenvalue weighted by Gasteiger charge is -2.25. The van der Waals surface area contributed by atoms with Crippen molar-refractivity contribution in [3.63, 3.8) is 0 Å². The molecule has 1 unspecified atom stereocenters. The number of hydrogen-bond acceptors (Lipinski definition) is 1. The molecule has 0 aromatic rings. The Bertz CT molecular complexity index is 113. The van der Waals surface area contributed by atoms with Gasteiger partial charge in [-0.25, -0.2) is 4.39 Å². The van der Waals surface area contributed by atoms with E-state index in [9.17, 15) is 4.39 Å². The summed E-state index contributed by atoms with van der Waals surface area (Å²) in [5.74, 6) is 0.664. The van der Waals surface area contributed by atoms with Gasteiger partial charge in [-0.15, -0.1) is 0 Å². The first kappa shape index (κ1) is 7.99. The molecule has 2 N–H and O–H groups in total. The summed E-state index contributed by atoms with van der Waals surface area (Å²) < 4.78 is 13.3. The van der Waals surface area contributed by atoms with Gasteiger partial charge in [0.25, 0.3) is 0 Å². The molecule has 0 aliphatic heterocycles. The number of rotatable bonds is 3. The highest BCUT2D eigenvalue weighted by Crippen LogP contribution is 2.42. The Morgan fingerprint density at radius 3 is 2.20 bits per heavy atom. The predicted molar refractivity (Wildman–Crippen MR) is 40.5 cm³/mol. The fourth-order valence-corrected chi connectivity index (χ4v) is 1.53. The van der Waals surface area contributed by atoms with Gasteiger partial charge in [-0.2, -0.15) is 0 Å². The van der Waals surface area contributed by atoms with E-state index in [1.165, 1.54) is 12.8 Å². The van der Waals surface area contributed by atoms with Gasteiger partial charge in [0.15, 0.2) is 0 Å². The third-order valence-electron chi connectivity index (χ3n) is 2.33. The van der Waals surface area contributed by atoms with Gasteiger partial charge in [-0.05, 0) is 39.2 Å². The summed E-state index contributed by atoms with van der Waals surface area (Å²) in [7, 11) is 0. The average molecular weight is 145 g/mol. The Kier molecular flexibility index (Phi) is 1.99. The summed E-state index contributed by atoms with van der Waals surface area (Å²) in [6.07, 6.45) is 2.35. The van der Waals surface area contributed by atoms with E-state index in [1.807, 2.05) is 0 Å². The number of alkyl halides is 1. The topological polar surface area (TPSA) is 26.0 Å². The van der Waals surface area contributed by atoms with Crippen molar-refractivity contribution in [2.45, 2.75) is 32.4 Å². The molecular weight excluding hydrogens is 129 g/mol. The molecule has 1 fully saturated rings. The average Bonchev–Trinajstić information content (AvgIpc) is 2.46. The molecule has 1 nitrogen and oxygen atoms in total. The van der Waals surface area contributed by atoms with Crippen molar-refractivity contribution in [2.24, 2.45) is 17.6 Å². The Balaban J connectivity index is 2.46. The monoisotopic (exact) mass is 145 g/mol. The number of halogens is 1. The molecule has 60 valence electrons. The van der Waals surface area contributed by atoms with Gasteiger partial charge in [0.05, 0.1) is 0 Å². The van der Waals surface area contributed by atoms with Gasteiger partial charge in [-0.3, -0.25) is 0 Å². The lowest BCUT2D eigenvalue weighted by molar-refractivity contribution is 0.113. The smallest absolute Gasteiger partial charge is 0.109 e. The van der Waals surface area contributed by atoms with E-state index in [0.717, 1.165) is 0 Å². The molecule has 2 heteroatoms. The maximum Gasteiger partial charge on any atom is 0.109 e. The first-order chi connectivity index (χ1) is 4.55. The first-order valence-electron chi connectivity index (χ1n) is 3.94. The molecule has 0 radical (unpaired) electrons. The zero-order valence-corrected chi connectivity index (χ0v) is 6.73. The van der Waals surface area contributed by atoms with Crippen LogP contribution in [-0.2, 0) is 0 Å². The van der Waals surface area contributed by atoms with Gasteiger partial charge >= 0.3 is 0 Å². The van der Waals surface area contributed by atoms with Crippen LogP contribution < -0.4 is 5.73 Å². The van der Waals surface area contributed by atoms with Crippen molar-refractivity contribution in [1.82, 2.24) is 0 Å². The van der Waals surface area contributed by atoms with E-state index in [4.69, 9.17) is 5.73 Å². The third-order valence-corrected chi connectivity index (χ3v) is 2.33. The maximum absolute atomic E-state index is 13.3. The Morgan fingerprint density at radius 2 is 2.10 bits per heavy atom. The van der Waals surface area contributed by atoms with Gasteiger partial charge in [0.2, 0.25) is 0 Å². The second kappa shape index (κ2) is 2.50. The molecule has 10 heavy (non-hydrogen) atoms. The highest BCUT2D eigenvalue weighted by atomic mass is 19.1. The minimum Gasteiger partial charge on any atom is -0.330 e. The van der Waals surface area contributed by atoms with Crippen LogP contribution in [0.1, 0.15) is 26.7 Å². The molecule has 0 spiro atoms. The molecule has 0 bridgehead atoms. The molecule has 1 rings (SSSR count). The quantitative estimate of drug-likeness (QED) is 0.643. The van der Waals surface area contributed by atoms with Gasteiger partial charge < -0.3 is 5.73 Å².